The van der Waals surface area contributed by atoms with E-state index in [4.69, 9.17) is 0 Å². The molecule has 0 radical (unpaired) electrons. The first-order chi connectivity index (χ1) is 3.79. The normalized spacial score (nSPS) is 29.8. The fourth-order valence-electron chi connectivity index (χ4n) is 0.937. The van der Waals surface area contributed by atoms with Gasteiger partial charge in [-0.05, 0) is 25.7 Å². The molecule has 0 saturated heterocycles. The second kappa shape index (κ2) is 2.29. The Bertz CT molecular complexity index is 105. The SMILES string of the molecule is CC1=NC[C@@H](C)CC1. The lowest BCUT2D eigenvalue weighted by Crippen LogP contribution is -2.09. The quantitative estimate of drug-likeness (QED) is 0.452. The van der Waals surface area contributed by atoms with Gasteiger partial charge < -0.3 is 0 Å². The van der Waals surface area contributed by atoms with E-state index in [9.17, 15) is 0 Å². The van der Waals surface area contributed by atoms with Gasteiger partial charge in [0.1, 0.15) is 0 Å². The van der Waals surface area contributed by atoms with Crippen molar-refractivity contribution in [1.29, 1.82) is 0 Å². The maximum absolute atomic E-state index is 4.33. The lowest BCUT2D eigenvalue weighted by molar-refractivity contribution is 0.537. The minimum Gasteiger partial charge on any atom is -0.294 e. The van der Waals surface area contributed by atoms with Gasteiger partial charge in [-0.2, -0.15) is 0 Å². The highest BCUT2D eigenvalue weighted by atomic mass is 14.7. The zero-order valence-electron chi connectivity index (χ0n) is 5.65. The molecule has 1 heteroatoms. The molecule has 1 nitrogen and oxygen atoms in total. The number of rotatable bonds is 0. The predicted octanol–water partition coefficient (Wildman–Crippen LogP) is 1.88. The van der Waals surface area contributed by atoms with Crippen molar-refractivity contribution in [3.63, 3.8) is 0 Å². The van der Waals surface area contributed by atoms with Crippen LogP contribution in [0.4, 0.5) is 0 Å². The molecule has 0 spiro atoms. The first kappa shape index (κ1) is 5.80. The van der Waals surface area contributed by atoms with E-state index < -0.39 is 0 Å². The van der Waals surface area contributed by atoms with Crippen LogP contribution in [0.15, 0.2) is 4.99 Å². The summed E-state index contributed by atoms with van der Waals surface area (Å²) in [5.74, 6) is 0.832. The van der Waals surface area contributed by atoms with Gasteiger partial charge in [-0.3, -0.25) is 4.99 Å². The van der Waals surface area contributed by atoms with E-state index in [1.54, 1.807) is 0 Å². The summed E-state index contributed by atoms with van der Waals surface area (Å²) in [6.45, 7) is 5.44. The summed E-state index contributed by atoms with van der Waals surface area (Å²) in [5, 5.41) is 0. The van der Waals surface area contributed by atoms with E-state index in [0.29, 0.717) is 0 Å². The molecule has 0 amide bonds. The number of nitrogens with zero attached hydrogens (tertiary/aromatic N) is 1. The van der Waals surface area contributed by atoms with Crippen LogP contribution in [0.3, 0.4) is 0 Å². The molecule has 46 valence electrons. The van der Waals surface area contributed by atoms with Crippen LogP contribution in [0.5, 0.6) is 0 Å². The average molecular weight is 111 g/mol. The van der Waals surface area contributed by atoms with Crippen LogP contribution in [0.1, 0.15) is 26.7 Å². The van der Waals surface area contributed by atoms with Crippen LogP contribution in [0.2, 0.25) is 0 Å². The summed E-state index contributed by atoms with van der Waals surface area (Å²) in [6, 6.07) is 0. The zero-order chi connectivity index (χ0) is 5.98. The van der Waals surface area contributed by atoms with E-state index in [0.717, 1.165) is 12.5 Å². The molecule has 1 heterocycles. The van der Waals surface area contributed by atoms with Crippen molar-refractivity contribution in [2.24, 2.45) is 10.9 Å². The van der Waals surface area contributed by atoms with Crippen molar-refractivity contribution in [3.8, 4) is 0 Å². The van der Waals surface area contributed by atoms with Gasteiger partial charge >= 0.3 is 0 Å². The Kier molecular flexibility index (Phi) is 1.66. The molecule has 1 aliphatic heterocycles. The van der Waals surface area contributed by atoms with Gasteiger partial charge in [0.05, 0.1) is 0 Å². The highest BCUT2D eigenvalue weighted by Gasteiger charge is 2.06. The fraction of sp³-hybridized carbons (Fsp3) is 0.857. The maximum Gasteiger partial charge on any atom is 0.0414 e. The van der Waals surface area contributed by atoms with Gasteiger partial charge in [0.15, 0.2) is 0 Å². The van der Waals surface area contributed by atoms with Crippen LogP contribution in [0, 0.1) is 5.92 Å². The summed E-state index contributed by atoms with van der Waals surface area (Å²) in [7, 11) is 0. The number of hydrogen-bond donors (Lipinski definition) is 0. The van der Waals surface area contributed by atoms with Crippen LogP contribution in [-0.4, -0.2) is 12.3 Å². The first-order valence-electron chi connectivity index (χ1n) is 3.29. The van der Waals surface area contributed by atoms with Crippen molar-refractivity contribution in [1.82, 2.24) is 0 Å². The Labute approximate surface area is 50.8 Å². The zero-order valence-corrected chi connectivity index (χ0v) is 5.65. The molecule has 0 fully saturated rings. The number of hydrogen-bond acceptors (Lipinski definition) is 1. The maximum atomic E-state index is 4.33. The molecule has 1 rings (SSSR count). The summed E-state index contributed by atoms with van der Waals surface area (Å²) < 4.78 is 0. The highest BCUT2D eigenvalue weighted by molar-refractivity contribution is 5.82. The van der Waals surface area contributed by atoms with Gasteiger partial charge in [-0.25, -0.2) is 0 Å². The van der Waals surface area contributed by atoms with Crippen LogP contribution < -0.4 is 0 Å². The molecule has 1 aliphatic rings. The molecular weight excluding hydrogens is 98.1 g/mol. The second-order valence-electron chi connectivity index (χ2n) is 2.72. The van der Waals surface area contributed by atoms with Gasteiger partial charge in [0.25, 0.3) is 0 Å². The summed E-state index contributed by atoms with van der Waals surface area (Å²) in [6.07, 6.45) is 2.57. The summed E-state index contributed by atoms with van der Waals surface area (Å²) in [4.78, 5) is 4.33. The lowest BCUT2D eigenvalue weighted by atomic mass is 10.0. The van der Waals surface area contributed by atoms with Crippen LogP contribution in [-0.2, 0) is 0 Å². The molecule has 0 N–H and O–H groups in total. The molecule has 0 aliphatic carbocycles. The molecule has 8 heavy (non-hydrogen) atoms. The lowest BCUT2D eigenvalue weighted by Gasteiger charge is -2.13. The van der Waals surface area contributed by atoms with Crippen molar-refractivity contribution in [2.45, 2.75) is 26.7 Å². The third-order valence-electron chi connectivity index (χ3n) is 1.67. The van der Waals surface area contributed by atoms with E-state index in [-0.39, 0.29) is 0 Å². The van der Waals surface area contributed by atoms with Gasteiger partial charge in [-0.1, -0.05) is 6.92 Å². The van der Waals surface area contributed by atoms with Crippen molar-refractivity contribution >= 4 is 5.71 Å². The minimum absolute atomic E-state index is 0.832. The van der Waals surface area contributed by atoms with Crippen molar-refractivity contribution in [3.05, 3.63) is 0 Å². The average Bonchev–Trinajstić information content (AvgIpc) is 1.77. The number of aliphatic imine (C=N–C) groups is 1. The predicted molar refractivity (Wildman–Crippen MR) is 36.4 cm³/mol. The molecule has 0 unspecified atom stereocenters. The topological polar surface area (TPSA) is 12.4 Å². The molecular formula is C7H13N. The Morgan fingerprint density at radius 1 is 1.62 bits per heavy atom. The molecule has 0 aromatic carbocycles. The minimum atomic E-state index is 0.832. The fourth-order valence-corrected chi connectivity index (χ4v) is 0.937. The van der Waals surface area contributed by atoms with Gasteiger partial charge in [0.2, 0.25) is 0 Å². The van der Waals surface area contributed by atoms with Crippen molar-refractivity contribution in [2.75, 3.05) is 6.54 Å². The highest BCUT2D eigenvalue weighted by Crippen LogP contribution is 2.11. The molecule has 1 atom stereocenters. The van der Waals surface area contributed by atoms with Gasteiger partial charge in [0, 0.05) is 12.3 Å². The third kappa shape index (κ3) is 1.32. The second-order valence-corrected chi connectivity index (χ2v) is 2.72. The first-order valence-corrected chi connectivity index (χ1v) is 3.29. The summed E-state index contributed by atoms with van der Waals surface area (Å²) in [5.41, 5.74) is 1.34. The molecule has 0 bridgehead atoms. The standard InChI is InChI=1S/C7H13N/c1-6-3-4-7(2)8-5-6/h6H,3-5H2,1-2H3/t6-/m0/s1. The molecule has 0 saturated carbocycles. The molecule has 0 aromatic rings. The van der Waals surface area contributed by atoms with Crippen molar-refractivity contribution < 1.29 is 0 Å². The Morgan fingerprint density at radius 3 is 2.75 bits per heavy atom. The van der Waals surface area contributed by atoms with Crippen LogP contribution >= 0.6 is 0 Å². The monoisotopic (exact) mass is 111 g/mol. The van der Waals surface area contributed by atoms with E-state index >= 15 is 0 Å². The van der Waals surface area contributed by atoms with Crippen LogP contribution in [0.25, 0.3) is 0 Å². The van der Waals surface area contributed by atoms with E-state index in [1.807, 2.05) is 0 Å². The van der Waals surface area contributed by atoms with Gasteiger partial charge in [-0.15, -0.1) is 0 Å². The Morgan fingerprint density at radius 2 is 2.38 bits per heavy atom. The van der Waals surface area contributed by atoms with E-state index in [2.05, 4.69) is 18.8 Å². The third-order valence-corrected chi connectivity index (χ3v) is 1.67. The Hall–Kier alpha value is -0.330. The Balaban J connectivity index is 2.42. The largest absolute Gasteiger partial charge is 0.294 e. The summed E-state index contributed by atoms with van der Waals surface area (Å²) >= 11 is 0. The smallest absolute Gasteiger partial charge is 0.0414 e. The van der Waals surface area contributed by atoms with E-state index in [1.165, 1.54) is 18.6 Å². The molecule has 0 aromatic heterocycles.